The Bertz CT molecular complexity index is 303. The van der Waals surface area contributed by atoms with Crippen LogP contribution in [0.1, 0.15) is 47.5 Å². The second-order valence-corrected chi connectivity index (χ2v) is 6.84. The Hall–Kier alpha value is -1.06. The fraction of sp³-hybridized carbons (Fsp3) is 0.875. The minimum atomic E-state index is -0.330. The smallest absolute Gasteiger partial charge is 0.309 e. The van der Waals surface area contributed by atoms with Crippen molar-refractivity contribution in [1.82, 2.24) is 0 Å². The zero-order valence-corrected chi connectivity index (χ0v) is 13.3. The third-order valence-corrected chi connectivity index (χ3v) is 3.52. The van der Waals surface area contributed by atoms with E-state index in [1.165, 1.54) is 0 Å². The quantitative estimate of drug-likeness (QED) is 0.703. The van der Waals surface area contributed by atoms with E-state index in [1.807, 2.05) is 27.7 Å². The fourth-order valence-electron chi connectivity index (χ4n) is 2.52. The van der Waals surface area contributed by atoms with Crippen LogP contribution in [-0.4, -0.2) is 25.2 Å². The van der Waals surface area contributed by atoms with E-state index < -0.39 is 0 Å². The van der Waals surface area contributed by atoms with Crippen LogP contribution in [0.3, 0.4) is 0 Å². The monoisotopic (exact) mass is 284 g/mol. The molecule has 1 rings (SSSR count). The van der Waals surface area contributed by atoms with Crippen molar-refractivity contribution in [3.8, 4) is 0 Å². The summed E-state index contributed by atoms with van der Waals surface area (Å²) in [6.07, 6.45) is 1.44. The van der Waals surface area contributed by atoms with Crippen molar-refractivity contribution < 1.29 is 19.1 Å². The average molecular weight is 284 g/mol. The normalized spacial score (nSPS) is 26.1. The van der Waals surface area contributed by atoms with Crippen molar-refractivity contribution in [1.29, 1.82) is 0 Å². The van der Waals surface area contributed by atoms with Crippen molar-refractivity contribution in [2.24, 2.45) is 29.6 Å². The summed E-state index contributed by atoms with van der Waals surface area (Å²) in [6, 6.07) is 0. The maximum atomic E-state index is 12.1. The van der Waals surface area contributed by atoms with Gasteiger partial charge < -0.3 is 9.47 Å². The molecule has 1 aliphatic rings. The van der Waals surface area contributed by atoms with Crippen LogP contribution in [0.15, 0.2) is 0 Å². The predicted octanol–water partition coefficient (Wildman–Crippen LogP) is 3.05. The van der Waals surface area contributed by atoms with Gasteiger partial charge in [0.1, 0.15) is 0 Å². The molecule has 0 aromatic rings. The zero-order chi connectivity index (χ0) is 15.3. The molecule has 2 unspecified atom stereocenters. The lowest BCUT2D eigenvalue weighted by atomic mass is 9.96. The van der Waals surface area contributed by atoms with Crippen molar-refractivity contribution >= 4 is 11.9 Å². The molecule has 1 aliphatic carbocycles. The van der Waals surface area contributed by atoms with Gasteiger partial charge in [-0.2, -0.15) is 0 Å². The number of carbonyl (C=O) groups is 2. The van der Waals surface area contributed by atoms with E-state index in [-0.39, 0.29) is 23.8 Å². The van der Waals surface area contributed by atoms with Gasteiger partial charge in [0.05, 0.1) is 25.0 Å². The van der Waals surface area contributed by atoms with Crippen molar-refractivity contribution in [3.05, 3.63) is 0 Å². The fourth-order valence-corrected chi connectivity index (χ4v) is 2.52. The lowest BCUT2D eigenvalue weighted by molar-refractivity contribution is -0.160. The highest BCUT2D eigenvalue weighted by molar-refractivity contribution is 5.82. The van der Waals surface area contributed by atoms with Gasteiger partial charge in [-0.3, -0.25) is 9.59 Å². The molecule has 1 fully saturated rings. The summed E-state index contributed by atoms with van der Waals surface area (Å²) in [7, 11) is 0. The maximum Gasteiger partial charge on any atom is 0.309 e. The van der Waals surface area contributed by atoms with Crippen LogP contribution in [0.25, 0.3) is 0 Å². The van der Waals surface area contributed by atoms with Crippen LogP contribution in [-0.2, 0) is 19.1 Å². The molecule has 0 aliphatic heterocycles. The van der Waals surface area contributed by atoms with Crippen LogP contribution in [0.2, 0.25) is 0 Å². The minimum Gasteiger partial charge on any atom is -0.465 e. The van der Waals surface area contributed by atoms with Gasteiger partial charge in [-0.05, 0) is 30.6 Å². The highest BCUT2D eigenvalue weighted by Crippen LogP contribution is 2.38. The van der Waals surface area contributed by atoms with E-state index in [1.54, 1.807) is 0 Å². The molecule has 2 atom stereocenters. The zero-order valence-electron chi connectivity index (χ0n) is 13.3. The SMILES string of the molecule is CC(C)COC(=O)C1CC(C)CC1C(=O)OCC(C)C. The standard InChI is InChI=1S/C16H28O4/c1-10(2)8-19-15(17)13-6-12(5)7-14(13)16(18)20-9-11(3)4/h10-14H,6-9H2,1-5H3. The summed E-state index contributed by atoms with van der Waals surface area (Å²) in [5.74, 6) is -0.160. The molecule has 0 aromatic carbocycles. The molecule has 0 aromatic heterocycles. The second-order valence-electron chi connectivity index (χ2n) is 6.84. The second kappa shape index (κ2) is 7.65. The summed E-state index contributed by atoms with van der Waals surface area (Å²) in [6.45, 7) is 10.9. The van der Waals surface area contributed by atoms with Gasteiger partial charge in [-0.25, -0.2) is 0 Å². The molecule has 20 heavy (non-hydrogen) atoms. The lowest BCUT2D eigenvalue weighted by Gasteiger charge is -2.18. The van der Waals surface area contributed by atoms with Crippen LogP contribution >= 0.6 is 0 Å². The third-order valence-electron chi connectivity index (χ3n) is 3.52. The van der Waals surface area contributed by atoms with E-state index >= 15 is 0 Å². The Morgan fingerprint density at radius 3 is 1.55 bits per heavy atom. The van der Waals surface area contributed by atoms with Crippen molar-refractivity contribution in [2.45, 2.75) is 47.5 Å². The highest BCUT2D eigenvalue weighted by Gasteiger charge is 2.43. The molecule has 4 heteroatoms. The van der Waals surface area contributed by atoms with Gasteiger partial charge in [0, 0.05) is 0 Å². The Morgan fingerprint density at radius 1 is 0.900 bits per heavy atom. The third kappa shape index (κ3) is 5.14. The summed E-state index contributed by atoms with van der Waals surface area (Å²) in [5.41, 5.74) is 0. The van der Waals surface area contributed by atoms with Crippen LogP contribution < -0.4 is 0 Å². The number of hydrogen-bond acceptors (Lipinski definition) is 4. The highest BCUT2D eigenvalue weighted by atomic mass is 16.5. The Morgan fingerprint density at radius 2 is 1.25 bits per heavy atom. The minimum absolute atomic E-state index is 0.241. The molecule has 0 spiro atoms. The number of rotatable bonds is 6. The van der Waals surface area contributed by atoms with Crippen molar-refractivity contribution in [2.75, 3.05) is 13.2 Å². The Balaban J connectivity index is 2.58. The van der Waals surface area contributed by atoms with Gasteiger partial charge in [-0.1, -0.05) is 34.6 Å². The van der Waals surface area contributed by atoms with Gasteiger partial charge in [-0.15, -0.1) is 0 Å². The molecule has 0 N–H and O–H groups in total. The van der Waals surface area contributed by atoms with E-state index in [0.29, 0.717) is 31.0 Å². The van der Waals surface area contributed by atoms with Crippen LogP contribution in [0.5, 0.6) is 0 Å². The number of esters is 2. The number of ether oxygens (including phenoxy) is 2. The number of carbonyl (C=O) groups excluding carboxylic acids is 2. The summed E-state index contributed by atoms with van der Waals surface area (Å²) in [5, 5.41) is 0. The van der Waals surface area contributed by atoms with E-state index in [9.17, 15) is 9.59 Å². The number of hydrogen-bond donors (Lipinski definition) is 0. The average Bonchev–Trinajstić information content (AvgIpc) is 2.75. The molecule has 0 bridgehead atoms. The Kier molecular flexibility index (Phi) is 6.50. The van der Waals surface area contributed by atoms with E-state index in [2.05, 4.69) is 6.92 Å². The molecule has 1 saturated carbocycles. The van der Waals surface area contributed by atoms with Crippen molar-refractivity contribution in [3.63, 3.8) is 0 Å². The largest absolute Gasteiger partial charge is 0.465 e. The molecule has 0 radical (unpaired) electrons. The lowest BCUT2D eigenvalue weighted by Crippen LogP contribution is -2.30. The maximum absolute atomic E-state index is 12.1. The van der Waals surface area contributed by atoms with Gasteiger partial charge in [0.2, 0.25) is 0 Å². The Labute approximate surface area is 122 Å². The van der Waals surface area contributed by atoms with Gasteiger partial charge in [0.25, 0.3) is 0 Å². The van der Waals surface area contributed by atoms with E-state index in [4.69, 9.17) is 9.47 Å². The van der Waals surface area contributed by atoms with Crippen LogP contribution in [0, 0.1) is 29.6 Å². The summed E-state index contributed by atoms with van der Waals surface area (Å²) in [4.78, 5) is 24.2. The molecular formula is C16H28O4. The first-order chi connectivity index (χ1) is 9.31. The van der Waals surface area contributed by atoms with E-state index in [0.717, 1.165) is 12.8 Å². The molecular weight excluding hydrogens is 256 g/mol. The molecule has 4 nitrogen and oxygen atoms in total. The summed E-state index contributed by atoms with van der Waals surface area (Å²) < 4.78 is 10.6. The van der Waals surface area contributed by atoms with Gasteiger partial charge in [0.15, 0.2) is 0 Å². The molecule has 0 heterocycles. The van der Waals surface area contributed by atoms with Crippen LogP contribution in [0.4, 0.5) is 0 Å². The first kappa shape index (κ1) is 17.0. The molecule has 116 valence electrons. The first-order valence-electron chi connectivity index (χ1n) is 7.64. The topological polar surface area (TPSA) is 52.6 Å². The molecule has 0 amide bonds. The first-order valence-corrected chi connectivity index (χ1v) is 7.64. The predicted molar refractivity (Wildman–Crippen MR) is 77.0 cm³/mol. The molecule has 0 saturated heterocycles. The summed E-state index contributed by atoms with van der Waals surface area (Å²) >= 11 is 0. The van der Waals surface area contributed by atoms with Gasteiger partial charge >= 0.3 is 11.9 Å².